The number of carbonyl (C=O) groups is 2. The van der Waals surface area contributed by atoms with E-state index in [1.165, 1.54) is 25.3 Å². The third-order valence-corrected chi connectivity index (χ3v) is 7.17. The smallest absolute Gasteiger partial charge is 0.274 e. The lowest BCUT2D eigenvalue weighted by atomic mass is 10.1. The lowest BCUT2D eigenvalue weighted by Gasteiger charge is -2.28. The van der Waals surface area contributed by atoms with E-state index in [4.69, 9.17) is 0 Å². The Labute approximate surface area is 194 Å². The Balaban J connectivity index is 1.70. The lowest BCUT2D eigenvalue weighted by Crippen LogP contribution is -2.39. The fraction of sp³-hybridized carbons (Fsp3) is 0.273. The number of halogens is 1. The first-order valence-electron chi connectivity index (χ1n) is 10.5. The summed E-state index contributed by atoms with van der Waals surface area (Å²) in [5.41, 5.74) is 0.247. The molecule has 0 unspecified atom stereocenters. The van der Waals surface area contributed by atoms with E-state index in [-0.39, 0.29) is 35.9 Å². The molecule has 1 aliphatic rings. The van der Waals surface area contributed by atoms with Crippen molar-refractivity contribution < 1.29 is 27.5 Å². The lowest BCUT2D eigenvalue weighted by molar-refractivity contribution is -0.114. The molecule has 1 aliphatic heterocycles. The number of rotatable bonds is 5. The number of benzene rings is 1. The summed E-state index contributed by atoms with van der Waals surface area (Å²) in [6, 6.07) is 6.87. The van der Waals surface area contributed by atoms with Gasteiger partial charge in [0.05, 0.1) is 5.75 Å². The number of aromatic nitrogens is 2. The number of amides is 2. The number of sulfonamides is 1. The van der Waals surface area contributed by atoms with Gasteiger partial charge in [0.2, 0.25) is 15.9 Å². The van der Waals surface area contributed by atoms with Crippen LogP contribution in [0.2, 0.25) is 0 Å². The van der Waals surface area contributed by atoms with Crippen molar-refractivity contribution in [3.63, 3.8) is 0 Å². The van der Waals surface area contributed by atoms with E-state index in [1.54, 1.807) is 12.1 Å². The van der Waals surface area contributed by atoms with Crippen LogP contribution in [0.25, 0.3) is 10.9 Å². The maximum Gasteiger partial charge on any atom is 0.274 e. The Bertz CT molecular complexity index is 1400. The number of nitrogens with zero attached hydrogens (tertiary/aromatic N) is 3. The van der Waals surface area contributed by atoms with E-state index in [1.807, 2.05) is 0 Å². The maximum absolute atomic E-state index is 13.6. The van der Waals surface area contributed by atoms with Gasteiger partial charge < -0.3 is 15.7 Å². The summed E-state index contributed by atoms with van der Waals surface area (Å²) in [7, 11) is -3.65. The molecule has 2 aromatic heterocycles. The number of pyridine rings is 2. The molecule has 3 heterocycles. The van der Waals surface area contributed by atoms with Gasteiger partial charge in [0.25, 0.3) is 5.91 Å². The summed E-state index contributed by atoms with van der Waals surface area (Å²) in [6.45, 7) is 1.35. The predicted molar refractivity (Wildman–Crippen MR) is 123 cm³/mol. The molecule has 10 nitrogen and oxygen atoms in total. The third-order valence-electron chi connectivity index (χ3n) is 5.34. The van der Waals surface area contributed by atoms with Gasteiger partial charge >= 0.3 is 0 Å². The molecule has 0 spiro atoms. The molecule has 12 heteroatoms. The summed E-state index contributed by atoms with van der Waals surface area (Å²) in [6.07, 6.45) is 2.56. The highest BCUT2D eigenvalue weighted by Gasteiger charge is 2.31. The fourth-order valence-electron chi connectivity index (χ4n) is 3.75. The molecule has 0 atom stereocenters. The van der Waals surface area contributed by atoms with Crippen molar-refractivity contribution in [2.75, 3.05) is 21.9 Å². The third kappa shape index (κ3) is 4.62. The standard InChI is InChI=1S/C22H22FN5O5S/c1-13(29)26-17-11-15(23)7-6-14(17)12-25-22(31)19-20(30)18-16(5-4-8-24-18)21(27-19)28-9-2-3-10-34(28,32)33/h4-8,11,30H,2-3,9-10,12H2,1H3,(H,25,31)(H,26,29). The van der Waals surface area contributed by atoms with Gasteiger partial charge in [0, 0.05) is 37.3 Å². The second-order valence-corrected chi connectivity index (χ2v) is 9.81. The monoisotopic (exact) mass is 487 g/mol. The molecule has 1 saturated heterocycles. The van der Waals surface area contributed by atoms with Crippen molar-refractivity contribution in [2.24, 2.45) is 0 Å². The van der Waals surface area contributed by atoms with E-state index in [2.05, 4.69) is 20.6 Å². The Morgan fingerprint density at radius 3 is 2.76 bits per heavy atom. The number of hydrogen-bond acceptors (Lipinski definition) is 7. The molecule has 0 aliphatic carbocycles. The van der Waals surface area contributed by atoms with Crippen molar-refractivity contribution in [1.82, 2.24) is 15.3 Å². The van der Waals surface area contributed by atoms with E-state index in [0.29, 0.717) is 23.8 Å². The molecular formula is C22H22FN5O5S. The van der Waals surface area contributed by atoms with Gasteiger partial charge in [-0.25, -0.2) is 17.8 Å². The van der Waals surface area contributed by atoms with Gasteiger partial charge in [-0.3, -0.25) is 18.9 Å². The van der Waals surface area contributed by atoms with Crippen LogP contribution in [0.5, 0.6) is 5.75 Å². The minimum atomic E-state index is -3.65. The highest BCUT2D eigenvalue weighted by atomic mass is 32.2. The number of carbonyl (C=O) groups excluding carboxylic acids is 2. The number of aromatic hydroxyl groups is 1. The average Bonchev–Trinajstić information content (AvgIpc) is 2.78. The summed E-state index contributed by atoms with van der Waals surface area (Å²) in [4.78, 5) is 32.8. The molecule has 34 heavy (non-hydrogen) atoms. The van der Waals surface area contributed by atoms with Crippen molar-refractivity contribution in [1.29, 1.82) is 0 Å². The SMILES string of the molecule is CC(=O)Nc1cc(F)ccc1CNC(=O)c1nc(N2CCCCS2(=O)=O)c2cccnc2c1O. The maximum atomic E-state index is 13.6. The van der Waals surface area contributed by atoms with E-state index in [0.717, 1.165) is 10.4 Å². The quantitative estimate of drug-likeness (QED) is 0.501. The number of hydrogen-bond donors (Lipinski definition) is 3. The van der Waals surface area contributed by atoms with Crippen LogP contribution in [0, 0.1) is 5.82 Å². The predicted octanol–water partition coefficient (Wildman–Crippen LogP) is 2.29. The zero-order valence-electron chi connectivity index (χ0n) is 18.2. The van der Waals surface area contributed by atoms with E-state index in [9.17, 15) is 27.5 Å². The molecule has 0 radical (unpaired) electrons. The molecule has 0 saturated carbocycles. The van der Waals surface area contributed by atoms with Crippen LogP contribution in [0.3, 0.4) is 0 Å². The molecule has 4 rings (SSSR count). The molecule has 3 N–H and O–H groups in total. The molecule has 1 aromatic carbocycles. The molecule has 178 valence electrons. The fourth-order valence-corrected chi connectivity index (χ4v) is 5.35. The van der Waals surface area contributed by atoms with Gasteiger partial charge in [0.15, 0.2) is 17.3 Å². The second-order valence-electron chi connectivity index (χ2n) is 7.79. The van der Waals surface area contributed by atoms with Gasteiger partial charge in [-0.05, 0) is 42.7 Å². The Kier molecular flexibility index (Phi) is 6.33. The molecule has 1 fully saturated rings. The first-order valence-corrected chi connectivity index (χ1v) is 12.1. The minimum Gasteiger partial charge on any atom is -0.504 e. The summed E-state index contributed by atoms with van der Waals surface area (Å²) in [5, 5.41) is 16.1. The number of fused-ring (bicyclic) bond motifs is 1. The molecule has 0 bridgehead atoms. The molecule has 3 aromatic rings. The van der Waals surface area contributed by atoms with Gasteiger partial charge in [-0.15, -0.1) is 0 Å². The van der Waals surface area contributed by atoms with Crippen LogP contribution in [-0.2, 0) is 21.4 Å². The van der Waals surface area contributed by atoms with Crippen molar-refractivity contribution >= 4 is 44.2 Å². The molecule has 2 amide bonds. The number of nitrogens with one attached hydrogen (secondary N) is 2. The second kappa shape index (κ2) is 9.21. The van der Waals surface area contributed by atoms with Crippen LogP contribution in [-0.4, -0.2) is 47.6 Å². The summed E-state index contributed by atoms with van der Waals surface area (Å²) >= 11 is 0. The Morgan fingerprint density at radius 2 is 2.03 bits per heavy atom. The minimum absolute atomic E-state index is 0.0199. The normalized spacial score (nSPS) is 15.2. The van der Waals surface area contributed by atoms with Crippen LogP contribution >= 0.6 is 0 Å². The largest absolute Gasteiger partial charge is 0.504 e. The van der Waals surface area contributed by atoms with Crippen LogP contribution in [0.4, 0.5) is 15.9 Å². The highest BCUT2D eigenvalue weighted by molar-refractivity contribution is 7.92. The van der Waals surface area contributed by atoms with Gasteiger partial charge in [-0.2, -0.15) is 0 Å². The van der Waals surface area contributed by atoms with E-state index >= 15 is 0 Å². The Morgan fingerprint density at radius 1 is 1.24 bits per heavy atom. The van der Waals surface area contributed by atoms with Crippen molar-refractivity contribution in [3.8, 4) is 5.75 Å². The topological polar surface area (TPSA) is 142 Å². The van der Waals surface area contributed by atoms with Gasteiger partial charge in [-0.1, -0.05) is 6.07 Å². The Hall–Kier alpha value is -3.80. The number of anilines is 2. The first-order chi connectivity index (χ1) is 16.2. The van der Waals surface area contributed by atoms with Crippen LogP contribution < -0.4 is 14.9 Å². The zero-order chi connectivity index (χ0) is 24.5. The molecular weight excluding hydrogens is 465 g/mol. The van der Waals surface area contributed by atoms with Crippen LogP contribution in [0.1, 0.15) is 35.8 Å². The first kappa shape index (κ1) is 23.4. The van der Waals surface area contributed by atoms with Crippen molar-refractivity contribution in [3.05, 3.63) is 53.6 Å². The summed E-state index contributed by atoms with van der Waals surface area (Å²) in [5.74, 6) is -2.29. The zero-order valence-corrected chi connectivity index (χ0v) is 19.0. The van der Waals surface area contributed by atoms with E-state index < -0.39 is 39.1 Å². The van der Waals surface area contributed by atoms with Crippen molar-refractivity contribution in [2.45, 2.75) is 26.3 Å². The average molecular weight is 488 g/mol. The van der Waals surface area contributed by atoms with Crippen LogP contribution in [0.15, 0.2) is 36.5 Å². The van der Waals surface area contributed by atoms with Gasteiger partial charge in [0.1, 0.15) is 11.3 Å². The summed E-state index contributed by atoms with van der Waals surface area (Å²) < 4.78 is 40.1. The highest BCUT2D eigenvalue weighted by Crippen LogP contribution is 2.35.